The molecule has 2 bridgehead atoms. The smallest absolute Gasteiger partial charge is 0.330 e. The first-order valence-electron chi connectivity index (χ1n) is 19.0. The van der Waals surface area contributed by atoms with Crippen LogP contribution in [-0.4, -0.2) is 83.9 Å². The minimum atomic E-state index is -3.53. The van der Waals surface area contributed by atoms with Crippen molar-refractivity contribution in [2.24, 2.45) is 22.1 Å². The molecule has 3 aromatic rings. The third-order valence-corrected chi connectivity index (χ3v) is 14.0. The van der Waals surface area contributed by atoms with Crippen LogP contribution in [0.25, 0.3) is 0 Å². The highest BCUT2D eigenvalue weighted by molar-refractivity contribution is 7.92. The number of aromatic nitrogens is 1. The van der Waals surface area contributed by atoms with E-state index < -0.39 is 21.9 Å². The maximum Gasteiger partial charge on any atom is 0.330 e. The Balaban J connectivity index is 1.11. The number of hydrogen-bond acceptors (Lipinski definition) is 8. The van der Waals surface area contributed by atoms with Crippen LogP contribution in [0, 0.1) is 17.8 Å². The highest BCUT2D eigenvalue weighted by atomic mass is 35.5. The number of carbonyl (C=O) groups is 2. The Labute approximate surface area is 322 Å². The lowest BCUT2D eigenvalue weighted by Gasteiger charge is -2.46. The number of carbonyl (C=O) groups excluding carboxylic acids is 2. The first-order valence-corrected chi connectivity index (χ1v) is 21.1. The molecule has 13 heteroatoms. The van der Waals surface area contributed by atoms with Gasteiger partial charge in [0.25, 0.3) is 5.91 Å². The van der Waals surface area contributed by atoms with Gasteiger partial charge in [0.05, 0.1) is 43.4 Å². The van der Waals surface area contributed by atoms with Gasteiger partial charge in [0, 0.05) is 42.4 Å². The van der Waals surface area contributed by atoms with Gasteiger partial charge in [0.1, 0.15) is 27.5 Å². The third-order valence-electron chi connectivity index (χ3n) is 11.8. The molecular weight excluding hydrogens is 726 g/mol. The van der Waals surface area contributed by atoms with E-state index in [0.717, 1.165) is 49.4 Å². The quantitative estimate of drug-likeness (QED) is 0.286. The standard InChI is InChI=1S/C41H48ClN5O6S/c1-27-6-3-9-37(51-2)34-13-10-30(34)21-47-25-41(16-4-7-28-18-31(42)12-14-35(28)41)26-52-38-15-11-29(19-36(38)47)39(48)44-54(50,24-27)45-40(49)46-22-33(23-46)53-32-8-5-17-43-20-32/h3,5,8-9,11-12,14-15,17-20,27,30,33-34,37H,4,6-7,10,13,16,21-26H2,1-2H3,(H,44,45,48,49,50)/b9-3-/t27-,30-,34+,37-,41-,54?/m0/s1. The first kappa shape index (κ1) is 36.8. The molecule has 1 saturated heterocycles. The SMILES string of the molecule is CO[C@H]1/C=C\C[C@H](C)CS(=O)(NC(=O)N2CC(Oc3cccnc3)C2)=NC(=O)c2ccc3c(c2)N(C[C@@H]2CC[C@H]21)C[C@@]1(CCCc2cc(Cl)ccc21)CO3. The van der Waals surface area contributed by atoms with Crippen molar-refractivity contribution in [3.05, 3.63) is 94.8 Å². The molecule has 3 aliphatic heterocycles. The zero-order chi connectivity index (χ0) is 37.5. The molecule has 1 saturated carbocycles. The lowest BCUT2D eigenvalue weighted by atomic mass is 9.68. The Morgan fingerprint density at radius 2 is 2.00 bits per heavy atom. The van der Waals surface area contributed by atoms with Crippen molar-refractivity contribution >= 4 is 39.1 Å². The number of halogens is 1. The number of hydrogen-bond donors (Lipinski definition) is 1. The van der Waals surface area contributed by atoms with E-state index in [1.807, 2.05) is 31.2 Å². The molecule has 2 fully saturated rings. The van der Waals surface area contributed by atoms with E-state index in [1.54, 1.807) is 31.6 Å². The number of anilines is 1. The van der Waals surface area contributed by atoms with Crippen molar-refractivity contribution in [3.8, 4) is 11.5 Å². The Kier molecular flexibility index (Phi) is 10.4. The summed E-state index contributed by atoms with van der Waals surface area (Å²) in [6, 6.07) is 14.6. The van der Waals surface area contributed by atoms with Crippen LogP contribution >= 0.6 is 11.6 Å². The number of ether oxygens (including phenoxy) is 3. The molecule has 1 N–H and O–H groups in total. The van der Waals surface area contributed by atoms with Crippen molar-refractivity contribution in [1.82, 2.24) is 14.6 Å². The number of methoxy groups -OCH3 is 1. The number of amides is 3. The van der Waals surface area contributed by atoms with Crippen LogP contribution in [0.2, 0.25) is 5.02 Å². The van der Waals surface area contributed by atoms with Crippen molar-refractivity contribution in [2.45, 2.75) is 63.1 Å². The largest absolute Gasteiger partial charge is 0.490 e. The number of likely N-dealkylation sites (tertiary alicyclic amines) is 1. The van der Waals surface area contributed by atoms with E-state index in [9.17, 15) is 13.8 Å². The van der Waals surface area contributed by atoms with Crippen molar-refractivity contribution < 1.29 is 28.0 Å². The Bertz CT molecular complexity index is 2050. The second-order valence-corrected chi connectivity index (χ2v) is 18.1. The number of aryl methyl sites for hydroxylation is 1. The van der Waals surface area contributed by atoms with Crippen LogP contribution in [0.3, 0.4) is 0 Å². The molecule has 1 unspecified atom stereocenters. The van der Waals surface area contributed by atoms with Crippen molar-refractivity contribution in [2.75, 3.05) is 50.5 Å². The van der Waals surface area contributed by atoms with E-state index >= 15 is 0 Å². The average molecular weight is 774 g/mol. The van der Waals surface area contributed by atoms with Gasteiger partial charge in [-0.25, -0.2) is 9.00 Å². The van der Waals surface area contributed by atoms with Crippen LogP contribution in [0.5, 0.6) is 11.5 Å². The van der Waals surface area contributed by atoms with Gasteiger partial charge < -0.3 is 24.0 Å². The predicted octanol–water partition coefficient (Wildman–Crippen LogP) is 6.84. The summed E-state index contributed by atoms with van der Waals surface area (Å²) in [6.07, 6.45) is 12.9. The molecule has 11 nitrogen and oxygen atoms in total. The molecule has 286 valence electrons. The van der Waals surface area contributed by atoms with E-state index in [-0.39, 0.29) is 29.3 Å². The number of pyridine rings is 1. The molecule has 6 atom stereocenters. The fourth-order valence-corrected chi connectivity index (χ4v) is 10.9. The molecule has 8 rings (SSSR count). The maximum absolute atomic E-state index is 14.6. The van der Waals surface area contributed by atoms with Crippen LogP contribution in [-0.2, 0) is 26.5 Å². The summed E-state index contributed by atoms with van der Waals surface area (Å²) in [7, 11) is -1.76. The zero-order valence-corrected chi connectivity index (χ0v) is 32.4. The van der Waals surface area contributed by atoms with E-state index in [1.165, 1.54) is 16.0 Å². The minimum Gasteiger partial charge on any atom is -0.490 e. The molecule has 2 aliphatic carbocycles. The predicted molar refractivity (Wildman–Crippen MR) is 209 cm³/mol. The fourth-order valence-electron chi connectivity index (χ4n) is 8.86. The molecule has 0 radical (unpaired) electrons. The summed E-state index contributed by atoms with van der Waals surface area (Å²) in [6.45, 7) is 4.57. The van der Waals surface area contributed by atoms with Gasteiger partial charge in [-0.1, -0.05) is 36.7 Å². The number of rotatable bonds is 4. The highest BCUT2D eigenvalue weighted by Crippen LogP contribution is 2.47. The molecule has 54 heavy (non-hydrogen) atoms. The number of nitrogens with one attached hydrogen (secondary N) is 1. The number of benzene rings is 2. The van der Waals surface area contributed by atoms with Crippen LogP contribution in [0.15, 0.2) is 77.4 Å². The van der Waals surface area contributed by atoms with Crippen LogP contribution < -0.4 is 19.1 Å². The monoisotopic (exact) mass is 773 g/mol. The van der Waals surface area contributed by atoms with Gasteiger partial charge in [-0.15, -0.1) is 4.36 Å². The molecule has 3 amide bonds. The molecular formula is C41H48ClN5O6S. The first-order chi connectivity index (χ1) is 26.1. The number of urea groups is 1. The summed E-state index contributed by atoms with van der Waals surface area (Å²) in [5.41, 5.74) is 3.39. The Hall–Kier alpha value is -4.13. The Morgan fingerprint density at radius 3 is 2.78 bits per heavy atom. The highest BCUT2D eigenvalue weighted by Gasteiger charge is 2.44. The molecule has 2 aromatic carbocycles. The topological polar surface area (TPSA) is 123 Å². The lowest BCUT2D eigenvalue weighted by molar-refractivity contribution is 0.0131. The number of fused-ring (bicyclic) bond motifs is 4. The van der Waals surface area contributed by atoms with Crippen LogP contribution in [0.1, 0.15) is 60.5 Å². The van der Waals surface area contributed by atoms with Gasteiger partial charge in [-0.05, 0) is 110 Å². The fraction of sp³-hybridized carbons (Fsp3) is 0.488. The summed E-state index contributed by atoms with van der Waals surface area (Å²) in [4.78, 5) is 35.5. The second-order valence-electron chi connectivity index (χ2n) is 15.7. The van der Waals surface area contributed by atoms with Crippen molar-refractivity contribution in [3.63, 3.8) is 0 Å². The summed E-state index contributed by atoms with van der Waals surface area (Å²) in [5.74, 6) is 1.26. The molecule has 5 aliphatic rings. The zero-order valence-electron chi connectivity index (χ0n) is 30.8. The number of nitrogens with zero attached hydrogens (tertiary/aromatic N) is 4. The number of allylic oxidation sites excluding steroid dienone is 1. The van der Waals surface area contributed by atoms with Crippen LogP contribution in [0.4, 0.5) is 10.5 Å². The average Bonchev–Trinajstić information content (AvgIpc) is 3.27. The van der Waals surface area contributed by atoms with Gasteiger partial charge in [-0.3, -0.25) is 14.5 Å². The summed E-state index contributed by atoms with van der Waals surface area (Å²) in [5, 5.41) is 0.739. The normalized spacial score (nSPS) is 30.3. The molecule has 1 aromatic heterocycles. The van der Waals surface area contributed by atoms with E-state index in [4.69, 9.17) is 25.8 Å². The molecule has 4 heterocycles. The van der Waals surface area contributed by atoms with Crippen molar-refractivity contribution in [1.29, 1.82) is 0 Å². The van der Waals surface area contributed by atoms with Gasteiger partial charge >= 0.3 is 6.03 Å². The Morgan fingerprint density at radius 1 is 1.13 bits per heavy atom. The minimum absolute atomic E-state index is 0.00803. The summed E-state index contributed by atoms with van der Waals surface area (Å²) >= 11 is 6.47. The van der Waals surface area contributed by atoms with Gasteiger partial charge in [0.2, 0.25) is 0 Å². The van der Waals surface area contributed by atoms with E-state index in [2.05, 4.69) is 43.3 Å². The van der Waals surface area contributed by atoms with Gasteiger partial charge in [0.15, 0.2) is 0 Å². The van der Waals surface area contributed by atoms with Gasteiger partial charge in [-0.2, -0.15) is 0 Å². The third kappa shape index (κ3) is 7.57. The second kappa shape index (κ2) is 15.2. The summed E-state index contributed by atoms with van der Waals surface area (Å²) < 4.78 is 40.2. The lowest BCUT2D eigenvalue weighted by Crippen LogP contribution is -2.59. The maximum atomic E-state index is 14.6. The molecule has 1 spiro atoms. The van der Waals surface area contributed by atoms with E-state index in [0.29, 0.717) is 61.6 Å².